The van der Waals surface area contributed by atoms with E-state index in [9.17, 15) is 4.79 Å². The molecule has 0 unspecified atom stereocenters. The van der Waals surface area contributed by atoms with Gasteiger partial charge in [0, 0.05) is 5.02 Å². The molecule has 0 atom stereocenters. The summed E-state index contributed by atoms with van der Waals surface area (Å²) in [5.41, 5.74) is 2.90. The van der Waals surface area contributed by atoms with E-state index in [0.29, 0.717) is 31.9 Å². The van der Waals surface area contributed by atoms with E-state index in [4.69, 9.17) is 32.4 Å². The number of hydrogen-bond donors (Lipinski definition) is 1. The first-order chi connectivity index (χ1) is 10.5. The number of benzene rings is 1. The second kappa shape index (κ2) is 7.67. The second-order valence-electron chi connectivity index (χ2n) is 4.20. The van der Waals surface area contributed by atoms with Gasteiger partial charge < -0.3 is 9.15 Å². The van der Waals surface area contributed by atoms with Crippen molar-refractivity contribution in [1.29, 1.82) is 0 Å². The van der Waals surface area contributed by atoms with E-state index in [1.165, 1.54) is 6.07 Å². The Kier molecular flexibility index (Phi) is 5.88. The van der Waals surface area contributed by atoms with E-state index < -0.39 is 5.91 Å². The van der Waals surface area contributed by atoms with Gasteiger partial charge in [0.15, 0.2) is 17.0 Å². The van der Waals surface area contributed by atoms with Crippen molar-refractivity contribution >= 4 is 50.8 Å². The van der Waals surface area contributed by atoms with E-state index in [1.807, 2.05) is 0 Å². The molecule has 0 fully saturated rings. The minimum Gasteiger partial charge on any atom is -0.482 e. The first kappa shape index (κ1) is 16.9. The summed E-state index contributed by atoms with van der Waals surface area (Å²) >= 11 is 14.9. The molecule has 1 N–H and O–H groups in total. The van der Waals surface area contributed by atoms with Gasteiger partial charge in [-0.15, -0.1) is 0 Å². The minimum atomic E-state index is -0.420. The van der Waals surface area contributed by atoms with Crippen molar-refractivity contribution in [1.82, 2.24) is 5.43 Å². The highest BCUT2D eigenvalue weighted by Gasteiger charge is 2.07. The summed E-state index contributed by atoms with van der Waals surface area (Å²) in [6.07, 6.45) is 0. The summed E-state index contributed by atoms with van der Waals surface area (Å²) in [5.74, 6) is 0.502. The topological polar surface area (TPSA) is 63.8 Å². The van der Waals surface area contributed by atoms with Crippen LogP contribution in [0.15, 0.2) is 44.5 Å². The number of carbonyl (C=O) groups is 1. The highest BCUT2D eigenvalue weighted by Crippen LogP contribution is 2.27. The van der Waals surface area contributed by atoms with Gasteiger partial charge in [-0.05, 0) is 53.2 Å². The first-order valence-corrected chi connectivity index (χ1v) is 7.67. The molecule has 116 valence electrons. The third-order valence-corrected chi connectivity index (χ3v) is 3.49. The van der Waals surface area contributed by atoms with Gasteiger partial charge in [0.1, 0.15) is 11.5 Å². The largest absolute Gasteiger partial charge is 0.482 e. The first-order valence-electron chi connectivity index (χ1n) is 6.12. The average Bonchev–Trinajstić information content (AvgIpc) is 2.90. The van der Waals surface area contributed by atoms with Crippen molar-refractivity contribution in [2.75, 3.05) is 6.61 Å². The number of amides is 1. The van der Waals surface area contributed by atoms with Crippen LogP contribution in [-0.2, 0) is 4.79 Å². The Hall–Kier alpha value is -1.50. The van der Waals surface area contributed by atoms with Gasteiger partial charge in [0.25, 0.3) is 5.91 Å². The average molecular weight is 406 g/mol. The maximum atomic E-state index is 11.7. The molecule has 22 heavy (non-hydrogen) atoms. The van der Waals surface area contributed by atoms with Crippen LogP contribution in [0.4, 0.5) is 0 Å². The van der Waals surface area contributed by atoms with Crippen LogP contribution >= 0.6 is 39.1 Å². The van der Waals surface area contributed by atoms with E-state index in [2.05, 4.69) is 26.5 Å². The Morgan fingerprint density at radius 2 is 2.14 bits per heavy atom. The number of halogens is 3. The summed E-state index contributed by atoms with van der Waals surface area (Å²) in [4.78, 5) is 11.7. The van der Waals surface area contributed by atoms with Gasteiger partial charge in [0.05, 0.1) is 5.02 Å². The second-order valence-corrected chi connectivity index (χ2v) is 5.82. The van der Waals surface area contributed by atoms with Crippen molar-refractivity contribution in [2.45, 2.75) is 6.92 Å². The standard InChI is InChI=1S/C14H11BrCl2N2O3/c1-8(11-4-5-13(15)22-11)18-19-14(20)7-21-12-3-2-9(16)6-10(12)17/h2-6H,7H2,1H3,(H,19,20). The molecule has 8 heteroatoms. The van der Waals surface area contributed by atoms with Gasteiger partial charge >= 0.3 is 0 Å². The van der Waals surface area contributed by atoms with Crippen molar-refractivity contribution in [2.24, 2.45) is 5.10 Å². The summed E-state index contributed by atoms with van der Waals surface area (Å²) in [7, 11) is 0. The van der Waals surface area contributed by atoms with Gasteiger partial charge in [-0.2, -0.15) is 5.10 Å². The number of hydrazone groups is 1. The Labute approximate surface area is 145 Å². The molecule has 0 spiro atoms. The molecule has 2 aromatic rings. The van der Waals surface area contributed by atoms with Crippen LogP contribution in [0.5, 0.6) is 5.75 Å². The third-order valence-electron chi connectivity index (χ3n) is 2.53. The summed E-state index contributed by atoms with van der Waals surface area (Å²) in [6.45, 7) is 1.49. The van der Waals surface area contributed by atoms with Crippen LogP contribution < -0.4 is 10.2 Å². The number of rotatable bonds is 5. The summed E-state index contributed by atoms with van der Waals surface area (Å²) in [6, 6.07) is 8.22. The summed E-state index contributed by atoms with van der Waals surface area (Å²) in [5, 5.41) is 4.75. The van der Waals surface area contributed by atoms with E-state index in [0.717, 1.165) is 0 Å². The number of ether oxygens (including phenoxy) is 1. The van der Waals surface area contributed by atoms with Gasteiger partial charge in [-0.25, -0.2) is 5.43 Å². The fourth-order valence-corrected chi connectivity index (χ4v) is 2.25. The normalized spacial score (nSPS) is 11.4. The number of carbonyl (C=O) groups excluding carboxylic acids is 1. The Bertz CT molecular complexity index is 716. The van der Waals surface area contributed by atoms with Gasteiger partial charge in [-0.1, -0.05) is 23.2 Å². The van der Waals surface area contributed by atoms with Gasteiger partial charge in [-0.3, -0.25) is 4.79 Å². The zero-order valence-corrected chi connectivity index (χ0v) is 14.5. The monoisotopic (exact) mass is 404 g/mol. The minimum absolute atomic E-state index is 0.222. The molecule has 0 saturated heterocycles. The quantitative estimate of drug-likeness (QED) is 0.596. The van der Waals surface area contributed by atoms with E-state index in [1.54, 1.807) is 31.2 Å². The molecule has 0 aliphatic carbocycles. The fraction of sp³-hybridized carbons (Fsp3) is 0.143. The number of nitrogens with one attached hydrogen (secondary N) is 1. The number of furan rings is 1. The third kappa shape index (κ3) is 4.76. The van der Waals surface area contributed by atoms with Crippen LogP contribution in [0.1, 0.15) is 12.7 Å². The van der Waals surface area contributed by atoms with Crippen LogP contribution in [-0.4, -0.2) is 18.2 Å². The van der Waals surface area contributed by atoms with Crippen LogP contribution in [0.2, 0.25) is 10.0 Å². The van der Waals surface area contributed by atoms with Crippen molar-refractivity contribution in [3.8, 4) is 5.75 Å². The van der Waals surface area contributed by atoms with Gasteiger partial charge in [0.2, 0.25) is 0 Å². The SMILES string of the molecule is CC(=NNC(=O)COc1ccc(Cl)cc1Cl)c1ccc(Br)o1. The van der Waals surface area contributed by atoms with Crippen molar-refractivity contribution < 1.29 is 13.9 Å². The summed E-state index contributed by atoms with van der Waals surface area (Å²) < 4.78 is 11.2. The predicted molar refractivity (Wildman–Crippen MR) is 88.7 cm³/mol. The van der Waals surface area contributed by atoms with Crippen LogP contribution in [0, 0.1) is 0 Å². The van der Waals surface area contributed by atoms with E-state index in [-0.39, 0.29) is 6.61 Å². The Morgan fingerprint density at radius 1 is 1.36 bits per heavy atom. The molecule has 0 saturated carbocycles. The number of hydrogen-bond acceptors (Lipinski definition) is 4. The lowest BCUT2D eigenvalue weighted by atomic mass is 10.3. The highest BCUT2D eigenvalue weighted by atomic mass is 79.9. The fourth-order valence-electron chi connectivity index (χ4n) is 1.48. The molecule has 2 rings (SSSR count). The zero-order chi connectivity index (χ0) is 16.1. The predicted octanol–water partition coefficient (Wildman–Crippen LogP) is 4.27. The van der Waals surface area contributed by atoms with Crippen LogP contribution in [0.3, 0.4) is 0 Å². The lowest BCUT2D eigenvalue weighted by molar-refractivity contribution is -0.123. The Balaban J connectivity index is 1.88. The lowest BCUT2D eigenvalue weighted by Crippen LogP contribution is -2.25. The van der Waals surface area contributed by atoms with Crippen molar-refractivity contribution in [3.63, 3.8) is 0 Å². The highest BCUT2D eigenvalue weighted by molar-refractivity contribution is 9.10. The maximum Gasteiger partial charge on any atom is 0.277 e. The molecule has 5 nitrogen and oxygen atoms in total. The smallest absolute Gasteiger partial charge is 0.277 e. The molecule has 0 bridgehead atoms. The number of nitrogens with zero attached hydrogens (tertiary/aromatic N) is 1. The molecule has 1 aromatic carbocycles. The lowest BCUT2D eigenvalue weighted by Gasteiger charge is -2.07. The molecule has 1 amide bonds. The van der Waals surface area contributed by atoms with E-state index >= 15 is 0 Å². The molecule has 0 aliphatic rings. The zero-order valence-electron chi connectivity index (χ0n) is 11.4. The van der Waals surface area contributed by atoms with Crippen molar-refractivity contribution in [3.05, 3.63) is 50.8 Å². The molecular weight excluding hydrogens is 395 g/mol. The maximum absolute atomic E-state index is 11.7. The molecule has 0 aliphatic heterocycles. The molecule has 0 radical (unpaired) electrons. The molecule has 1 heterocycles. The Morgan fingerprint density at radius 3 is 2.77 bits per heavy atom. The molecular formula is C14H11BrCl2N2O3. The molecule has 1 aromatic heterocycles. The van der Waals surface area contributed by atoms with Crippen LogP contribution in [0.25, 0.3) is 0 Å².